The first-order chi connectivity index (χ1) is 7.03. The van der Waals surface area contributed by atoms with Crippen LogP contribution < -0.4 is 4.57 Å². The molecular weight excluding hydrogens is 206 g/mol. The van der Waals surface area contributed by atoms with E-state index in [1.807, 2.05) is 0 Å². The average Bonchev–Trinajstić information content (AvgIpc) is 2.58. The zero-order valence-corrected chi connectivity index (χ0v) is 10.6. The lowest BCUT2D eigenvalue weighted by molar-refractivity contribution is -0.733. The smallest absolute Gasteiger partial charge is 0.246 e. The molecule has 1 rings (SSSR count). The number of nitrogens with one attached hydrogen (secondary N) is 1. The second kappa shape index (κ2) is 5.10. The summed E-state index contributed by atoms with van der Waals surface area (Å²) in [5.41, 5.74) is 0.600. The molecule has 0 spiro atoms. The average molecular weight is 224 g/mol. The van der Waals surface area contributed by atoms with Gasteiger partial charge in [0.25, 0.3) is 0 Å². The molecule has 1 heterocycles. The normalized spacial score (nSPS) is 11.3. The summed E-state index contributed by atoms with van der Waals surface area (Å²) >= 11 is 0. The molecular formula is C10H18N3OSi+. The summed E-state index contributed by atoms with van der Waals surface area (Å²) in [6.45, 7) is 8.19. The molecule has 5 heteroatoms. The van der Waals surface area contributed by atoms with Gasteiger partial charge in [-0.05, 0) is 6.04 Å². The van der Waals surface area contributed by atoms with Gasteiger partial charge < -0.3 is 4.74 Å². The molecule has 1 aromatic rings. The van der Waals surface area contributed by atoms with Crippen molar-refractivity contribution in [1.29, 1.82) is 5.26 Å². The van der Waals surface area contributed by atoms with Gasteiger partial charge in [0, 0.05) is 14.7 Å². The van der Waals surface area contributed by atoms with Gasteiger partial charge in [-0.2, -0.15) is 9.83 Å². The number of hydrogen-bond acceptors (Lipinski definition) is 2. The Morgan fingerprint density at radius 1 is 1.53 bits per heavy atom. The van der Waals surface area contributed by atoms with E-state index in [-0.39, 0.29) is 0 Å². The van der Waals surface area contributed by atoms with Crippen molar-refractivity contribution in [3.63, 3.8) is 0 Å². The highest BCUT2D eigenvalue weighted by Crippen LogP contribution is 2.07. The zero-order chi connectivity index (χ0) is 11.3. The summed E-state index contributed by atoms with van der Waals surface area (Å²) in [7, 11) is -1.01. The molecule has 0 unspecified atom stereocenters. The third-order valence-electron chi connectivity index (χ3n) is 2.10. The summed E-state index contributed by atoms with van der Waals surface area (Å²) in [5, 5.41) is 8.75. The monoisotopic (exact) mass is 224 g/mol. The molecule has 0 aliphatic carbocycles. The Hall–Kier alpha value is -1.12. The molecule has 1 aromatic heterocycles. The van der Waals surface area contributed by atoms with E-state index in [0.29, 0.717) is 12.4 Å². The van der Waals surface area contributed by atoms with Crippen LogP contribution in [0.4, 0.5) is 0 Å². The summed E-state index contributed by atoms with van der Waals surface area (Å²) in [5.74, 6) is 0. The maximum Gasteiger partial charge on any atom is 0.246 e. The van der Waals surface area contributed by atoms with Crippen molar-refractivity contribution in [3.05, 3.63) is 18.2 Å². The quantitative estimate of drug-likeness (QED) is 0.468. The van der Waals surface area contributed by atoms with Gasteiger partial charge in [0.1, 0.15) is 12.3 Å². The van der Waals surface area contributed by atoms with Crippen LogP contribution in [0.3, 0.4) is 0 Å². The molecule has 0 aromatic carbocycles. The van der Waals surface area contributed by atoms with Gasteiger partial charge in [0.2, 0.25) is 12.0 Å². The molecule has 0 aliphatic heterocycles. The van der Waals surface area contributed by atoms with Crippen LogP contribution in [-0.2, 0) is 11.5 Å². The highest BCUT2D eigenvalue weighted by molar-refractivity contribution is 6.76. The van der Waals surface area contributed by atoms with Crippen LogP contribution in [0.15, 0.2) is 12.5 Å². The number of ether oxygens (including phenoxy) is 1. The van der Waals surface area contributed by atoms with Crippen molar-refractivity contribution in [1.82, 2.24) is 4.98 Å². The van der Waals surface area contributed by atoms with Gasteiger partial charge in [0.05, 0.1) is 0 Å². The minimum absolute atomic E-state index is 0.455. The molecule has 1 N–H and O–H groups in total. The van der Waals surface area contributed by atoms with Crippen molar-refractivity contribution in [3.8, 4) is 6.07 Å². The van der Waals surface area contributed by atoms with Crippen LogP contribution >= 0.6 is 0 Å². The Morgan fingerprint density at radius 2 is 2.27 bits per heavy atom. The Bertz CT molecular complexity index is 348. The fourth-order valence-corrected chi connectivity index (χ4v) is 1.86. The number of aromatic amines is 1. The van der Waals surface area contributed by atoms with Crippen molar-refractivity contribution >= 4 is 8.07 Å². The number of H-pyrrole nitrogens is 1. The van der Waals surface area contributed by atoms with Crippen molar-refractivity contribution in [2.75, 3.05) is 6.61 Å². The lowest BCUT2D eigenvalue weighted by atomic mass is 10.5. The molecule has 82 valence electrons. The molecule has 0 bridgehead atoms. The second-order valence-corrected chi connectivity index (χ2v) is 10.4. The fraction of sp³-hybridized carbons (Fsp3) is 0.600. The first kappa shape index (κ1) is 11.9. The molecule has 0 amide bonds. The minimum atomic E-state index is -1.01. The number of nitrogens with zero attached hydrogens (tertiary/aromatic N) is 2. The largest absolute Gasteiger partial charge is 0.342 e. The van der Waals surface area contributed by atoms with Crippen LogP contribution in [-0.4, -0.2) is 19.7 Å². The molecule has 0 fully saturated rings. The molecule has 0 saturated heterocycles. The molecule has 15 heavy (non-hydrogen) atoms. The standard InChI is InChI=1S/C10H17N3OSi/c1-15(2,3)5-4-14-9-13-8-12-7-10(13)6-11/h7-8H,4-5,9H2,1-3H3/p+1. The minimum Gasteiger partial charge on any atom is -0.342 e. The van der Waals surface area contributed by atoms with Crippen LogP contribution in [0.5, 0.6) is 0 Å². The lowest BCUT2D eigenvalue weighted by Crippen LogP contribution is -2.36. The summed E-state index contributed by atoms with van der Waals surface area (Å²) in [4.78, 5) is 2.88. The van der Waals surface area contributed by atoms with Crippen molar-refractivity contribution < 1.29 is 9.30 Å². The first-order valence-electron chi connectivity index (χ1n) is 5.07. The highest BCUT2D eigenvalue weighted by Gasteiger charge is 2.13. The molecule has 0 radical (unpaired) electrons. The number of imidazole rings is 1. The second-order valence-electron chi connectivity index (χ2n) is 4.75. The van der Waals surface area contributed by atoms with E-state index in [0.717, 1.165) is 12.7 Å². The predicted molar refractivity (Wildman–Crippen MR) is 59.8 cm³/mol. The lowest BCUT2D eigenvalue weighted by Gasteiger charge is -2.14. The van der Waals surface area contributed by atoms with Crippen LogP contribution in [0.1, 0.15) is 5.69 Å². The van der Waals surface area contributed by atoms with E-state index < -0.39 is 8.07 Å². The van der Waals surface area contributed by atoms with E-state index in [1.54, 1.807) is 17.1 Å². The van der Waals surface area contributed by atoms with Crippen LogP contribution in [0, 0.1) is 11.3 Å². The number of aromatic nitrogens is 2. The number of nitriles is 1. The third-order valence-corrected chi connectivity index (χ3v) is 3.81. The van der Waals surface area contributed by atoms with E-state index in [4.69, 9.17) is 10.00 Å². The van der Waals surface area contributed by atoms with Gasteiger partial charge in [-0.1, -0.05) is 19.6 Å². The maximum absolute atomic E-state index is 8.75. The molecule has 0 aliphatic rings. The summed E-state index contributed by atoms with van der Waals surface area (Å²) in [6.07, 6.45) is 3.41. The molecule has 0 saturated carbocycles. The third kappa shape index (κ3) is 4.28. The van der Waals surface area contributed by atoms with E-state index in [9.17, 15) is 0 Å². The molecule has 4 nitrogen and oxygen atoms in total. The number of hydrogen-bond donors (Lipinski definition) is 1. The van der Waals surface area contributed by atoms with Crippen molar-refractivity contribution in [2.45, 2.75) is 32.4 Å². The Labute approximate surface area is 91.5 Å². The van der Waals surface area contributed by atoms with E-state index in [1.165, 1.54) is 0 Å². The number of rotatable bonds is 5. The Balaban J connectivity index is 2.30. The Morgan fingerprint density at radius 3 is 2.87 bits per heavy atom. The van der Waals surface area contributed by atoms with Gasteiger partial charge >= 0.3 is 0 Å². The first-order valence-corrected chi connectivity index (χ1v) is 8.78. The zero-order valence-electron chi connectivity index (χ0n) is 9.58. The van der Waals surface area contributed by atoms with Crippen LogP contribution in [0.2, 0.25) is 25.7 Å². The Kier molecular flexibility index (Phi) is 4.06. The van der Waals surface area contributed by atoms with Gasteiger partial charge in [-0.3, -0.25) is 0 Å². The van der Waals surface area contributed by atoms with E-state index >= 15 is 0 Å². The van der Waals surface area contributed by atoms with Gasteiger partial charge in [-0.25, -0.2) is 4.98 Å². The topological polar surface area (TPSA) is 52.7 Å². The summed E-state index contributed by atoms with van der Waals surface area (Å²) < 4.78 is 7.29. The fourth-order valence-electron chi connectivity index (χ4n) is 1.10. The van der Waals surface area contributed by atoms with Gasteiger partial charge in [-0.15, -0.1) is 0 Å². The predicted octanol–water partition coefficient (Wildman–Crippen LogP) is 1.49. The highest BCUT2D eigenvalue weighted by atomic mass is 28.3. The van der Waals surface area contributed by atoms with Crippen LogP contribution in [0.25, 0.3) is 0 Å². The van der Waals surface area contributed by atoms with Gasteiger partial charge in [0.15, 0.2) is 6.73 Å². The SMILES string of the molecule is C[Si](C)(C)CCOC[n+]1c[nH]cc1C#N. The van der Waals surface area contributed by atoms with E-state index in [2.05, 4.69) is 30.7 Å². The summed E-state index contributed by atoms with van der Waals surface area (Å²) in [6, 6.07) is 3.25. The van der Waals surface area contributed by atoms with Crippen molar-refractivity contribution in [2.24, 2.45) is 0 Å². The maximum atomic E-state index is 8.75. The molecule has 0 atom stereocenters.